The first kappa shape index (κ1) is 8.47. The van der Waals surface area contributed by atoms with Gasteiger partial charge in [-0.15, -0.1) is 0 Å². The second-order valence-corrected chi connectivity index (χ2v) is 3.91. The number of halogens is 1. The maximum Gasteiger partial charge on any atom is 0.376 e. The van der Waals surface area contributed by atoms with E-state index < -0.39 is 13.2 Å². The van der Waals surface area contributed by atoms with Crippen LogP contribution in [-0.4, -0.2) is 41.7 Å². The smallest absolute Gasteiger partial charge is 0.376 e. The van der Waals surface area contributed by atoms with Crippen molar-refractivity contribution in [3.63, 3.8) is 0 Å². The Kier molecular flexibility index (Phi) is 1.90. The van der Waals surface area contributed by atoms with Crippen molar-refractivity contribution in [1.82, 2.24) is 4.81 Å². The minimum atomic E-state index is -0.946. The quantitative estimate of drug-likeness (QED) is 0.522. The van der Waals surface area contributed by atoms with Gasteiger partial charge in [0.05, 0.1) is 0 Å². The predicted molar refractivity (Wildman–Crippen MR) is 45.3 cm³/mol. The molecule has 5 heteroatoms. The van der Waals surface area contributed by atoms with Gasteiger partial charge in [0.2, 0.25) is 0 Å². The van der Waals surface area contributed by atoms with E-state index in [0.717, 1.165) is 13.0 Å². The fraction of sp³-hybridized carbons (Fsp3) is 1.00. The Hall–Kier alpha value is -0.125. The lowest BCUT2D eigenvalue weighted by atomic mass is 9.82. The van der Waals surface area contributed by atoms with E-state index in [1.54, 1.807) is 11.6 Å². The first-order valence-electron chi connectivity index (χ1n) is 4.44. The molecule has 0 radical (unpaired) electrons. The summed E-state index contributed by atoms with van der Waals surface area (Å²) in [6, 6.07) is -0.435. The van der Waals surface area contributed by atoms with Crippen LogP contribution in [0.5, 0.6) is 0 Å². The molecule has 2 aliphatic rings. The molecule has 4 atom stereocenters. The van der Waals surface area contributed by atoms with E-state index in [-0.39, 0.29) is 18.0 Å². The summed E-state index contributed by atoms with van der Waals surface area (Å²) in [5.74, 6) is 0.250. The van der Waals surface area contributed by atoms with Crippen molar-refractivity contribution in [3.05, 3.63) is 0 Å². The summed E-state index contributed by atoms with van der Waals surface area (Å²) in [5, 5.41) is 9.30. The fourth-order valence-corrected chi connectivity index (χ4v) is 2.46. The van der Waals surface area contributed by atoms with Crippen LogP contribution in [0.15, 0.2) is 0 Å². The van der Waals surface area contributed by atoms with Gasteiger partial charge in [0.25, 0.3) is 0 Å². The van der Waals surface area contributed by atoms with Gasteiger partial charge in [-0.05, 0) is 25.7 Å². The Bertz CT molecular complexity index is 190. The molecule has 2 fully saturated rings. The molecule has 1 aliphatic carbocycles. The zero-order valence-electron chi connectivity index (χ0n) is 7.15. The van der Waals surface area contributed by atoms with E-state index in [1.807, 2.05) is 0 Å². The Morgan fingerprint density at radius 3 is 2.75 bits per heavy atom. The molecular formula is C7H14BFN2O. The molecule has 1 saturated heterocycles. The summed E-state index contributed by atoms with van der Waals surface area (Å²) in [7, 11) is -0.536. The molecule has 0 aromatic rings. The molecule has 3 nitrogen and oxygen atoms in total. The zero-order chi connectivity index (χ0) is 8.88. The van der Waals surface area contributed by atoms with Crippen molar-refractivity contribution in [1.29, 1.82) is 0 Å². The van der Waals surface area contributed by atoms with Crippen LogP contribution < -0.4 is 5.73 Å². The highest BCUT2D eigenvalue weighted by Crippen LogP contribution is 2.38. The molecule has 3 N–H and O–H groups in total. The van der Waals surface area contributed by atoms with E-state index in [4.69, 9.17) is 5.73 Å². The molecule has 2 rings (SSSR count). The molecule has 12 heavy (non-hydrogen) atoms. The average molecular weight is 172 g/mol. The van der Waals surface area contributed by atoms with Crippen LogP contribution >= 0.6 is 0 Å². The Morgan fingerprint density at radius 2 is 2.33 bits per heavy atom. The predicted octanol–water partition coefficient (Wildman–Crippen LogP) is -0.534. The lowest BCUT2D eigenvalue weighted by Crippen LogP contribution is -2.54. The number of hydrogen-bond donors (Lipinski definition) is 2. The number of hydrogen-bond acceptors (Lipinski definition) is 3. The van der Waals surface area contributed by atoms with Gasteiger partial charge >= 0.3 is 7.05 Å². The summed E-state index contributed by atoms with van der Waals surface area (Å²) >= 11 is 0. The normalized spacial score (nSPS) is 47.0. The SMILES string of the molecule is CB(O)N1CC2CC1[C@@H](F)[C@@H]2N. The lowest BCUT2D eigenvalue weighted by molar-refractivity contribution is 0.153. The third-order valence-electron chi connectivity index (χ3n) is 3.18. The summed E-state index contributed by atoms with van der Waals surface area (Å²) in [4.78, 5) is 1.80. The van der Waals surface area contributed by atoms with E-state index in [1.165, 1.54) is 0 Å². The van der Waals surface area contributed by atoms with Crippen molar-refractivity contribution < 1.29 is 9.41 Å². The van der Waals surface area contributed by atoms with Gasteiger partial charge in [0.1, 0.15) is 6.17 Å². The largest absolute Gasteiger partial charge is 0.437 e. The molecule has 0 amide bonds. The molecule has 1 saturated carbocycles. The monoisotopic (exact) mass is 172 g/mol. The Balaban J connectivity index is 2.10. The van der Waals surface area contributed by atoms with Crippen molar-refractivity contribution in [2.45, 2.75) is 31.5 Å². The third-order valence-corrected chi connectivity index (χ3v) is 3.18. The Labute approximate surface area is 71.9 Å². The Morgan fingerprint density at radius 1 is 1.67 bits per heavy atom. The summed E-state index contributed by atoms with van der Waals surface area (Å²) in [6.07, 6.45) is -0.133. The lowest BCUT2D eigenvalue weighted by Gasteiger charge is -2.33. The molecule has 0 aromatic heterocycles. The van der Waals surface area contributed by atoms with Crippen LogP contribution in [-0.2, 0) is 0 Å². The summed E-state index contributed by atoms with van der Waals surface area (Å²) in [6.45, 7) is 2.43. The van der Waals surface area contributed by atoms with E-state index in [0.29, 0.717) is 0 Å². The molecular weight excluding hydrogens is 158 g/mol. The van der Waals surface area contributed by atoms with Gasteiger partial charge in [0.15, 0.2) is 0 Å². The van der Waals surface area contributed by atoms with Crippen molar-refractivity contribution in [2.24, 2.45) is 11.7 Å². The highest BCUT2D eigenvalue weighted by molar-refractivity contribution is 6.45. The number of rotatable bonds is 1. The van der Waals surface area contributed by atoms with Crippen molar-refractivity contribution >= 4 is 7.05 Å². The standard InChI is InChI=1S/C7H14BFN2O/c1-8(12)11-3-4-2-5(11)6(9)7(4)10/h4-7,12H,2-3,10H2,1H3/t4?,5?,6-,7-/m1/s1. The van der Waals surface area contributed by atoms with Crippen LogP contribution in [0, 0.1) is 5.92 Å². The van der Waals surface area contributed by atoms with Crippen LogP contribution in [0.4, 0.5) is 4.39 Å². The number of alkyl halides is 1. The molecule has 1 heterocycles. The first-order chi connectivity index (χ1) is 5.61. The highest BCUT2D eigenvalue weighted by atomic mass is 19.1. The highest BCUT2D eigenvalue weighted by Gasteiger charge is 2.52. The van der Waals surface area contributed by atoms with Crippen LogP contribution in [0.1, 0.15) is 6.42 Å². The molecule has 2 bridgehead atoms. The number of piperidine rings is 1. The molecule has 0 aromatic carbocycles. The van der Waals surface area contributed by atoms with Crippen LogP contribution in [0.2, 0.25) is 6.82 Å². The van der Waals surface area contributed by atoms with Gasteiger partial charge in [-0.3, -0.25) is 0 Å². The molecule has 2 unspecified atom stereocenters. The molecule has 68 valence electrons. The fourth-order valence-electron chi connectivity index (χ4n) is 2.46. The second-order valence-electron chi connectivity index (χ2n) is 3.91. The summed E-state index contributed by atoms with van der Waals surface area (Å²) in [5.41, 5.74) is 5.64. The van der Waals surface area contributed by atoms with Crippen LogP contribution in [0.3, 0.4) is 0 Å². The van der Waals surface area contributed by atoms with E-state index >= 15 is 0 Å². The van der Waals surface area contributed by atoms with Gasteiger partial charge in [-0.25, -0.2) is 4.39 Å². The average Bonchev–Trinajstić information content (AvgIpc) is 2.53. The van der Waals surface area contributed by atoms with Gasteiger partial charge in [-0.2, -0.15) is 0 Å². The maximum absolute atomic E-state index is 13.3. The van der Waals surface area contributed by atoms with E-state index in [2.05, 4.69) is 0 Å². The van der Waals surface area contributed by atoms with Crippen molar-refractivity contribution in [3.8, 4) is 0 Å². The number of nitrogens with two attached hydrogens (primary N) is 1. The van der Waals surface area contributed by atoms with Crippen molar-refractivity contribution in [2.75, 3.05) is 6.54 Å². The third kappa shape index (κ3) is 1.00. The van der Waals surface area contributed by atoms with Gasteiger partial charge in [-0.1, -0.05) is 0 Å². The number of nitrogens with zero attached hydrogens (tertiary/aromatic N) is 1. The topological polar surface area (TPSA) is 49.5 Å². The summed E-state index contributed by atoms with van der Waals surface area (Å²) < 4.78 is 13.3. The number of fused-ring (bicyclic) bond motifs is 2. The zero-order valence-corrected chi connectivity index (χ0v) is 7.15. The second kappa shape index (κ2) is 2.68. The van der Waals surface area contributed by atoms with E-state index in [9.17, 15) is 9.41 Å². The minimum absolute atomic E-state index is 0.134. The molecule has 1 aliphatic heterocycles. The maximum atomic E-state index is 13.3. The van der Waals surface area contributed by atoms with Gasteiger partial charge < -0.3 is 15.6 Å². The van der Waals surface area contributed by atoms with Gasteiger partial charge in [0, 0.05) is 12.1 Å². The minimum Gasteiger partial charge on any atom is -0.437 e. The molecule has 0 spiro atoms. The first-order valence-corrected chi connectivity index (χ1v) is 4.44. The van der Waals surface area contributed by atoms with Crippen LogP contribution in [0.25, 0.3) is 0 Å².